The van der Waals surface area contributed by atoms with Crippen molar-refractivity contribution in [1.82, 2.24) is 37.8 Å². The van der Waals surface area contributed by atoms with Crippen molar-refractivity contribution in [3.05, 3.63) is 455 Å². The number of nitrogens with zero attached hydrogens (tertiary/aromatic N) is 11. The van der Waals surface area contributed by atoms with E-state index < -0.39 is 0 Å². The maximum Gasteiger partial charge on any atom is 0.145 e. The molecule has 768 valence electrons. The monoisotopic (exact) mass is 1960 g/mol. The van der Waals surface area contributed by atoms with E-state index in [0.29, 0.717) is 12.1 Å². The van der Waals surface area contributed by atoms with Gasteiger partial charge in [-0.1, -0.05) is 378 Å². The number of fused-ring (bicyclic) bond motifs is 9. The third kappa shape index (κ3) is 27.1. The summed E-state index contributed by atoms with van der Waals surface area (Å²) in [5, 5.41) is 5.50. The van der Waals surface area contributed by atoms with Crippen LogP contribution in [0.15, 0.2) is 455 Å². The average Bonchev–Trinajstić information content (AvgIpc) is 1.60. The van der Waals surface area contributed by atoms with Crippen LogP contribution in [0.2, 0.25) is 0 Å². The van der Waals surface area contributed by atoms with Gasteiger partial charge in [0.25, 0.3) is 0 Å². The second-order valence-electron chi connectivity index (χ2n) is 34.6. The molecule has 0 fully saturated rings. The van der Waals surface area contributed by atoms with Gasteiger partial charge >= 0.3 is 0 Å². The Bertz CT molecular complexity index is 6980. The summed E-state index contributed by atoms with van der Waals surface area (Å²) in [4.78, 5) is 21.8. The average molecular weight is 1970 g/mol. The highest BCUT2D eigenvalue weighted by Gasteiger charge is 2.24. The number of hydrogen-bond acceptors (Lipinski definition) is 6. The van der Waals surface area contributed by atoms with Crippen LogP contribution in [0.3, 0.4) is 0 Å². The van der Waals surface area contributed by atoms with Gasteiger partial charge in [-0.2, -0.15) is 0 Å². The molecule has 11 heteroatoms. The number of rotatable bonds is 23. The summed E-state index contributed by atoms with van der Waals surface area (Å²) in [5.74, 6) is 4.38. The zero-order chi connectivity index (χ0) is 97.6. The normalized spacial score (nSPS) is 11.1. The van der Waals surface area contributed by atoms with Gasteiger partial charge in [0.1, 0.15) is 17.5 Å². The van der Waals surface area contributed by atoms with Crippen LogP contribution < -0.4 is 14.7 Å². The summed E-state index contributed by atoms with van der Waals surface area (Å²) in [7, 11) is 0. The molecule has 0 bridgehead atoms. The van der Waals surface area contributed by atoms with Crippen molar-refractivity contribution in [3.63, 3.8) is 0 Å². The van der Waals surface area contributed by atoms with Gasteiger partial charge in [0.2, 0.25) is 0 Å². The molecule has 11 nitrogen and oxygen atoms in total. The van der Waals surface area contributed by atoms with Crippen molar-refractivity contribution in [2.75, 3.05) is 27.8 Å². The molecule has 5 aromatic heterocycles. The van der Waals surface area contributed by atoms with E-state index in [9.17, 15) is 0 Å². The predicted octanol–water partition coefficient (Wildman–Crippen LogP) is 41.6. The maximum absolute atomic E-state index is 5.00. The van der Waals surface area contributed by atoms with Gasteiger partial charge in [0, 0.05) is 142 Å². The number of benzene rings is 17. The Morgan fingerprint density at radius 3 is 0.622 bits per heavy atom. The van der Waals surface area contributed by atoms with Crippen LogP contribution in [0.1, 0.15) is 194 Å². The minimum Gasteiger partial charge on any atom is -0.372 e. The van der Waals surface area contributed by atoms with Gasteiger partial charge in [-0.25, -0.2) is 15.0 Å². The third-order valence-electron chi connectivity index (χ3n) is 25.8. The largest absolute Gasteiger partial charge is 0.372 e. The van der Waals surface area contributed by atoms with Crippen LogP contribution in [0.25, 0.3) is 128 Å². The standard InChI is InChI=1S/2C31H23N3.C23H23N3.2C19H23N.3C2H6.8CH4/c2*1-4-12-25(13-5-1)33(26-14-6-2-7-15-26)28-22-20-24(21-23-28)31-32-29-18-10-11-19-30(29)34(31)27-16-8-3-9-17-27;1-3-25(4-2)19-16-14-18(15-17-19)23-24-21-12-8-9-13-22(21)26(23)20-10-6-5-7-11-20;2*1-4-14(2)13-15(3)20-18-11-7-5-9-16(18)17-10-6-8-12-19(17)20;3*1-2;;;;;;;;/h2*1-23H;5-17H,3-4H2,1-2H3;2*5-12,14-15H,4,13H2,1-3H3;3*1-2H3;8*1H4. The van der Waals surface area contributed by atoms with Gasteiger partial charge < -0.3 is 23.8 Å². The molecule has 0 saturated carbocycles. The van der Waals surface area contributed by atoms with Crippen molar-refractivity contribution in [3.8, 4) is 51.2 Å². The zero-order valence-electron chi connectivity index (χ0n) is 83.8. The molecule has 4 atom stereocenters. The minimum atomic E-state index is 0. The maximum atomic E-state index is 5.00. The van der Waals surface area contributed by atoms with E-state index in [-0.39, 0.29) is 59.4 Å². The molecule has 4 unspecified atom stereocenters. The predicted molar refractivity (Wildman–Crippen MR) is 657 cm³/mol. The highest BCUT2D eigenvalue weighted by molar-refractivity contribution is 6.09. The fraction of sp³-hybridized carbons (Fsp3) is 0.234. The topological polar surface area (TPSA) is 73.0 Å². The Labute approximate surface area is 888 Å². The van der Waals surface area contributed by atoms with E-state index in [1.165, 1.54) is 75.0 Å². The van der Waals surface area contributed by atoms with E-state index in [1.54, 1.807) is 0 Å². The summed E-state index contributed by atoms with van der Waals surface area (Å²) in [6, 6.07) is 160. The van der Waals surface area contributed by atoms with E-state index in [2.05, 4.69) is 487 Å². The molecule has 0 N–H and O–H groups in total. The lowest BCUT2D eigenvalue weighted by Crippen LogP contribution is -2.21. The van der Waals surface area contributed by atoms with Crippen molar-refractivity contribution in [1.29, 1.82) is 0 Å². The number of imidazole rings is 3. The van der Waals surface area contributed by atoms with Crippen molar-refractivity contribution >= 4 is 117 Å². The zero-order valence-corrected chi connectivity index (χ0v) is 83.8. The number of para-hydroxylation sites is 17. The smallest absolute Gasteiger partial charge is 0.145 e. The number of hydrogen-bond donors (Lipinski definition) is 0. The molecule has 22 aromatic rings. The number of aromatic nitrogens is 8. The summed E-state index contributed by atoms with van der Waals surface area (Å²) >= 11 is 0. The van der Waals surface area contributed by atoms with E-state index in [0.717, 1.165) is 143 Å². The summed E-state index contributed by atoms with van der Waals surface area (Å²) in [6.45, 7) is 32.4. The molecule has 0 aliphatic rings. The van der Waals surface area contributed by atoms with Crippen molar-refractivity contribution < 1.29 is 0 Å². The van der Waals surface area contributed by atoms with Gasteiger partial charge in [-0.3, -0.25) is 13.7 Å². The van der Waals surface area contributed by atoms with Crippen LogP contribution in [0.5, 0.6) is 0 Å². The molecular weight excluding hydrogens is 1800 g/mol. The molecule has 0 amide bonds. The molecular formula is C137H165N11. The fourth-order valence-electron chi connectivity index (χ4n) is 18.9. The Balaban J connectivity index is 0.000000248. The molecule has 0 radical (unpaired) electrons. The van der Waals surface area contributed by atoms with Gasteiger partial charge in [-0.15, -0.1) is 0 Å². The van der Waals surface area contributed by atoms with Crippen LogP contribution in [-0.2, 0) is 0 Å². The summed E-state index contributed by atoms with van der Waals surface area (Å²) < 4.78 is 11.8. The molecule has 0 saturated heterocycles. The van der Waals surface area contributed by atoms with Crippen LogP contribution in [-0.4, -0.2) is 50.9 Å². The Morgan fingerprint density at radius 1 is 0.209 bits per heavy atom. The van der Waals surface area contributed by atoms with Crippen molar-refractivity contribution in [2.24, 2.45) is 11.8 Å². The quantitative estimate of drug-likeness (QED) is 0.0635. The first-order valence-electron chi connectivity index (χ1n) is 50.4. The summed E-state index contributed by atoms with van der Waals surface area (Å²) in [6.07, 6.45) is 4.97. The van der Waals surface area contributed by atoms with Crippen LogP contribution in [0, 0.1) is 11.8 Å². The van der Waals surface area contributed by atoms with Gasteiger partial charge in [0.15, 0.2) is 0 Å². The second-order valence-corrected chi connectivity index (χ2v) is 34.6. The minimum absolute atomic E-state index is 0. The molecule has 148 heavy (non-hydrogen) atoms. The van der Waals surface area contributed by atoms with Gasteiger partial charge in [-0.05, 0) is 271 Å². The molecule has 0 aliphatic heterocycles. The summed E-state index contributed by atoms with van der Waals surface area (Å²) in [5.41, 5.74) is 26.3. The lowest BCUT2D eigenvalue weighted by atomic mass is 10.00. The Kier molecular flexibility index (Phi) is 47.4. The molecule has 5 heterocycles. The second kappa shape index (κ2) is 58.9. The SMILES string of the molecule is C.C.C.C.C.C.C.C.CC.CC.CC.CCC(C)CC(C)n1c2ccccc2c2ccccc21.CCC(C)CC(C)n1c2ccccc2c2ccccc21.CCN(CC)c1ccc(-c2nc3ccccc3n2-c2ccccc2)cc1.c1ccc(N(c2ccccc2)c2ccc(-c3nc4ccccc4n3-c3ccccc3)cc2)cc1.c1ccc(N(c2ccccc2)c2ccc(-c3nc4ccccc4n3-c3ccccc3)cc2)cc1. The van der Waals surface area contributed by atoms with E-state index in [1.807, 2.05) is 102 Å². The Hall–Kier alpha value is -15.9. The lowest BCUT2D eigenvalue weighted by molar-refractivity contribution is 0.411. The first-order chi connectivity index (χ1) is 69.0. The van der Waals surface area contributed by atoms with E-state index in [4.69, 9.17) is 15.0 Å². The van der Waals surface area contributed by atoms with E-state index >= 15 is 0 Å². The van der Waals surface area contributed by atoms with Crippen LogP contribution >= 0.6 is 0 Å². The highest BCUT2D eigenvalue weighted by atomic mass is 15.2. The third-order valence-corrected chi connectivity index (χ3v) is 25.8. The van der Waals surface area contributed by atoms with Crippen LogP contribution in [0.4, 0.5) is 39.8 Å². The van der Waals surface area contributed by atoms with Crippen molar-refractivity contribution in [2.45, 2.75) is 194 Å². The molecule has 0 spiro atoms. The lowest BCUT2D eigenvalue weighted by Gasteiger charge is -2.25. The Morgan fingerprint density at radius 2 is 0.399 bits per heavy atom. The fourth-order valence-corrected chi connectivity index (χ4v) is 18.9. The molecule has 0 aliphatic carbocycles. The highest BCUT2D eigenvalue weighted by Crippen LogP contribution is 2.42. The first-order valence-corrected chi connectivity index (χ1v) is 50.4. The molecule has 22 rings (SSSR count). The number of anilines is 7. The van der Waals surface area contributed by atoms with Gasteiger partial charge in [0.05, 0.1) is 33.1 Å². The molecule has 17 aromatic carbocycles. The first kappa shape index (κ1) is 119.